The highest BCUT2D eigenvalue weighted by Crippen LogP contribution is 2.26. The second-order valence-corrected chi connectivity index (χ2v) is 4.73. The molecule has 0 bridgehead atoms. The monoisotopic (exact) mass is 240 g/mol. The zero-order valence-electron chi connectivity index (χ0n) is 9.21. The van der Waals surface area contributed by atoms with E-state index in [-0.39, 0.29) is 6.04 Å². The van der Waals surface area contributed by atoms with Gasteiger partial charge in [-0.2, -0.15) is 11.3 Å². The lowest BCUT2D eigenvalue weighted by Gasteiger charge is -2.12. The van der Waals surface area contributed by atoms with Crippen LogP contribution in [0.4, 0.5) is 0 Å². The van der Waals surface area contributed by atoms with Crippen LogP contribution in [0, 0.1) is 0 Å². The van der Waals surface area contributed by atoms with Crippen molar-refractivity contribution in [3.05, 3.63) is 64.6 Å². The van der Waals surface area contributed by atoms with Gasteiger partial charge in [0.15, 0.2) is 0 Å². The highest BCUT2D eigenvalue weighted by atomic mass is 32.1. The highest BCUT2D eigenvalue weighted by molar-refractivity contribution is 7.08. The van der Waals surface area contributed by atoms with Crippen molar-refractivity contribution in [3.8, 4) is 0 Å². The molecule has 0 aliphatic carbocycles. The Morgan fingerprint density at radius 2 is 2.00 bits per heavy atom. The van der Waals surface area contributed by atoms with Gasteiger partial charge in [0.05, 0.1) is 11.7 Å². The van der Waals surface area contributed by atoms with Gasteiger partial charge in [-0.1, -0.05) is 24.3 Å². The maximum Gasteiger partial charge on any atom is 0.0740 e. The molecule has 84 valence electrons. The number of hydrogen-bond acceptors (Lipinski definition) is 3. The lowest BCUT2D eigenvalue weighted by molar-refractivity contribution is 0.845. The van der Waals surface area contributed by atoms with E-state index in [1.54, 1.807) is 11.3 Å². The summed E-state index contributed by atoms with van der Waals surface area (Å²) in [5, 5.41) is 6.44. The van der Waals surface area contributed by atoms with E-state index >= 15 is 0 Å². The SMILES string of the molecule is NC(c1ccsc1)c1nccc2ccccc12. The third-order valence-electron chi connectivity index (χ3n) is 2.90. The maximum absolute atomic E-state index is 6.27. The van der Waals surface area contributed by atoms with Gasteiger partial charge in [0.25, 0.3) is 0 Å². The Labute approximate surface area is 104 Å². The van der Waals surface area contributed by atoms with Crippen molar-refractivity contribution in [1.82, 2.24) is 4.98 Å². The number of nitrogens with zero attached hydrogens (tertiary/aromatic N) is 1. The summed E-state index contributed by atoms with van der Waals surface area (Å²) in [7, 11) is 0. The van der Waals surface area contributed by atoms with Crippen LogP contribution in [-0.4, -0.2) is 4.98 Å². The molecule has 0 spiro atoms. The lowest BCUT2D eigenvalue weighted by atomic mass is 10.0. The van der Waals surface area contributed by atoms with Crippen LogP contribution in [-0.2, 0) is 0 Å². The van der Waals surface area contributed by atoms with Gasteiger partial charge in [0, 0.05) is 11.6 Å². The Hall–Kier alpha value is -1.71. The van der Waals surface area contributed by atoms with Crippen LogP contribution < -0.4 is 5.73 Å². The van der Waals surface area contributed by atoms with Crippen LogP contribution in [0.15, 0.2) is 53.4 Å². The van der Waals surface area contributed by atoms with Crippen molar-refractivity contribution in [3.63, 3.8) is 0 Å². The van der Waals surface area contributed by atoms with Crippen molar-refractivity contribution in [2.45, 2.75) is 6.04 Å². The molecule has 0 fully saturated rings. The van der Waals surface area contributed by atoms with Crippen molar-refractivity contribution in [2.24, 2.45) is 5.73 Å². The number of fused-ring (bicyclic) bond motifs is 1. The Morgan fingerprint density at radius 1 is 1.12 bits per heavy atom. The fourth-order valence-corrected chi connectivity index (χ4v) is 2.70. The molecule has 17 heavy (non-hydrogen) atoms. The third kappa shape index (κ3) is 1.84. The van der Waals surface area contributed by atoms with Gasteiger partial charge < -0.3 is 5.73 Å². The van der Waals surface area contributed by atoms with Crippen molar-refractivity contribution >= 4 is 22.1 Å². The van der Waals surface area contributed by atoms with Crippen molar-refractivity contribution < 1.29 is 0 Å². The van der Waals surface area contributed by atoms with E-state index in [9.17, 15) is 0 Å². The van der Waals surface area contributed by atoms with E-state index in [4.69, 9.17) is 5.73 Å². The zero-order chi connectivity index (χ0) is 11.7. The van der Waals surface area contributed by atoms with Gasteiger partial charge in [-0.15, -0.1) is 0 Å². The van der Waals surface area contributed by atoms with Gasteiger partial charge >= 0.3 is 0 Å². The lowest BCUT2D eigenvalue weighted by Crippen LogP contribution is -2.13. The molecule has 0 saturated heterocycles. The second-order valence-electron chi connectivity index (χ2n) is 3.95. The molecule has 0 aliphatic heterocycles. The number of pyridine rings is 1. The van der Waals surface area contributed by atoms with Crippen molar-refractivity contribution in [1.29, 1.82) is 0 Å². The second kappa shape index (κ2) is 4.28. The summed E-state index contributed by atoms with van der Waals surface area (Å²) in [5.41, 5.74) is 8.34. The Kier molecular flexibility index (Phi) is 2.63. The molecule has 0 saturated carbocycles. The number of aromatic nitrogens is 1. The smallest absolute Gasteiger partial charge is 0.0740 e. The summed E-state index contributed by atoms with van der Waals surface area (Å²) in [6.45, 7) is 0. The molecule has 2 nitrogen and oxygen atoms in total. The summed E-state index contributed by atoms with van der Waals surface area (Å²) >= 11 is 1.66. The number of thiophene rings is 1. The first kappa shape index (κ1) is 10.4. The van der Waals surface area contributed by atoms with Crippen LogP contribution >= 0.6 is 11.3 Å². The molecule has 1 atom stereocenters. The number of rotatable bonds is 2. The van der Waals surface area contributed by atoms with Crippen LogP contribution in [0.25, 0.3) is 10.8 Å². The highest BCUT2D eigenvalue weighted by Gasteiger charge is 2.13. The van der Waals surface area contributed by atoms with Crippen LogP contribution in [0.2, 0.25) is 0 Å². The molecule has 0 aliphatic rings. The van der Waals surface area contributed by atoms with Crippen molar-refractivity contribution in [2.75, 3.05) is 0 Å². The average Bonchev–Trinajstić information content (AvgIpc) is 2.91. The van der Waals surface area contributed by atoms with E-state index in [2.05, 4.69) is 28.6 Å². The van der Waals surface area contributed by atoms with E-state index in [0.29, 0.717) is 0 Å². The molecule has 2 N–H and O–H groups in total. The summed E-state index contributed by atoms with van der Waals surface area (Å²) in [4.78, 5) is 4.44. The van der Waals surface area contributed by atoms with Gasteiger partial charge in [0.2, 0.25) is 0 Å². The predicted molar refractivity (Wildman–Crippen MR) is 72.1 cm³/mol. The first-order valence-electron chi connectivity index (χ1n) is 5.47. The maximum atomic E-state index is 6.27. The summed E-state index contributed by atoms with van der Waals surface area (Å²) in [6, 6.07) is 12.1. The van der Waals surface area contributed by atoms with Crippen LogP contribution in [0.1, 0.15) is 17.3 Å². The largest absolute Gasteiger partial charge is 0.319 e. The quantitative estimate of drug-likeness (QED) is 0.746. The Balaban J connectivity index is 2.17. The standard InChI is InChI=1S/C14H12N2S/c15-13(11-6-8-17-9-11)14-12-4-2-1-3-10(12)5-7-16-14/h1-9,13H,15H2. The molecule has 1 unspecified atom stereocenters. The predicted octanol–water partition coefficient (Wildman–Crippen LogP) is 3.34. The third-order valence-corrected chi connectivity index (χ3v) is 3.60. The minimum absolute atomic E-state index is 0.146. The number of hydrogen-bond donors (Lipinski definition) is 1. The topological polar surface area (TPSA) is 38.9 Å². The first-order valence-corrected chi connectivity index (χ1v) is 6.42. The molecular weight excluding hydrogens is 228 g/mol. The van der Waals surface area contributed by atoms with Gasteiger partial charge in [-0.3, -0.25) is 4.98 Å². The number of benzene rings is 1. The molecule has 3 rings (SSSR count). The molecule has 0 amide bonds. The molecule has 0 radical (unpaired) electrons. The van der Waals surface area contributed by atoms with E-state index < -0.39 is 0 Å². The van der Waals surface area contributed by atoms with E-state index in [1.165, 1.54) is 5.39 Å². The minimum atomic E-state index is -0.146. The first-order chi connectivity index (χ1) is 8.36. The van der Waals surface area contributed by atoms with Crippen LogP contribution in [0.5, 0.6) is 0 Å². The Bertz CT molecular complexity index is 626. The molecule has 2 aromatic heterocycles. The molecule has 3 aromatic rings. The zero-order valence-corrected chi connectivity index (χ0v) is 10.0. The Morgan fingerprint density at radius 3 is 2.82 bits per heavy atom. The number of nitrogens with two attached hydrogens (primary N) is 1. The van der Waals surface area contributed by atoms with Gasteiger partial charge in [0.1, 0.15) is 0 Å². The fraction of sp³-hybridized carbons (Fsp3) is 0.0714. The van der Waals surface area contributed by atoms with Gasteiger partial charge in [-0.25, -0.2) is 0 Å². The fourth-order valence-electron chi connectivity index (χ4n) is 2.00. The summed E-state index contributed by atoms with van der Waals surface area (Å²) in [5.74, 6) is 0. The van der Waals surface area contributed by atoms with Gasteiger partial charge in [-0.05, 0) is 33.8 Å². The summed E-state index contributed by atoms with van der Waals surface area (Å²) < 4.78 is 0. The van der Waals surface area contributed by atoms with Crippen LogP contribution in [0.3, 0.4) is 0 Å². The molecule has 2 heterocycles. The normalized spacial score (nSPS) is 12.8. The molecule has 3 heteroatoms. The average molecular weight is 240 g/mol. The van der Waals surface area contributed by atoms with E-state index in [1.807, 2.05) is 29.8 Å². The summed E-state index contributed by atoms with van der Waals surface area (Å²) in [6.07, 6.45) is 1.82. The van der Waals surface area contributed by atoms with E-state index in [0.717, 1.165) is 16.6 Å². The minimum Gasteiger partial charge on any atom is -0.319 e. The molecule has 1 aromatic carbocycles. The molecular formula is C14H12N2S.